The molecule has 0 saturated heterocycles. The molecule has 0 heterocycles. The number of anilines is 3. The fraction of sp³-hybridized carbons (Fsp3) is 0.0909. The molecule has 3 aromatic rings. The molecular weight excluding hydrogens is 338 g/mol. The van der Waals surface area contributed by atoms with Crippen molar-refractivity contribution in [1.29, 1.82) is 0 Å². The Labute approximate surface area is 158 Å². The van der Waals surface area contributed by atoms with Crippen molar-refractivity contribution in [2.24, 2.45) is 0 Å². The van der Waals surface area contributed by atoms with E-state index in [1.54, 1.807) is 37.3 Å². The van der Waals surface area contributed by atoms with Gasteiger partial charge in [-0.25, -0.2) is 0 Å². The highest BCUT2D eigenvalue weighted by Gasteiger charge is 2.16. The normalized spacial score (nSPS) is 11.3. The number of nitrogens with one attached hydrogen (secondary N) is 3. The van der Waals surface area contributed by atoms with E-state index in [1.807, 2.05) is 54.6 Å². The van der Waals surface area contributed by atoms with Crippen LogP contribution in [-0.4, -0.2) is 17.9 Å². The Balaban J connectivity index is 1.60. The van der Waals surface area contributed by atoms with E-state index in [0.717, 1.165) is 11.4 Å². The van der Waals surface area contributed by atoms with Crippen LogP contribution in [-0.2, 0) is 4.79 Å². The van der Waals surface area contributed by atoms with Crippen molar-refractivity contribution in [2.75, 3.05) is 10.6 Å². The smallest absolute Gasteiger partial charge is 0.251 e. The lowest BCUT2D eigenvalue weighted by atomic mass is 10.2. The van der Waals surface area contributed by atoms with Crippen molar-refractivity contribution in [3.8, 4) is 0 Å². The minimum Gasteiger partial charge on any atom is -0.355 e. The molecule has 0 aliphatic carbocycles. The highest BCUT2D eigenvalue weighted by Crippen LogP contribution is 2.20. The second kappa shape index (κ2) is 8.67. The minimum atomic E-state index is -0.663. The molecule has 1 atom stereocenters. The van der Waals surface area contributed by atoms with Crippen molar-refractivity contribution < 1.29 is 9.59 Å². The molecule has 0 aliphatic heterocycles. The first-order chi connectivity index (χ1) is 13.1. The fourth-order valence-electron chi connectivity index (χ4n) is 2.55. The van der Waals surface area contributed by atoms with Gasteiger partial charge in [0.15, 0.2) is 0 Å². The lowest BCUT2D eigenvalue weighted by molar-refractivity contribution is -0.117. The molecule has 2 amide bonds. The number of amides is 2. The number of carbonyl (C=O) groups is 2. The van der Waals surface area contributed by atoms with E-state index in [-0.39, 0.29) is 11.8 Å². The van der Waals surface area contributed by atoms with E-state index in [4.69, 9.17) is 0 Å². The van der Waals surface area contributed by atoms with Crippen molar-refractivity contribution in [3.63, 3.8) is 0 Å². The predicted octanol–water partition coefficient (Wildman–Crippen LogP) is 4.19. The number of hydrogen-bond donors (Lipinski definition) is 3. The van der Waals surface area contributed by atoms with Gasteiger partial charge in [-0.05, 0) is 49.4 Å². The molecule has 3 N–H and O–H groups in total. The molecule has 0 bridgehead atoms. The average molecular weight is 359 g/mol. The third kappa shape index (κ3) is 5.19. The SMILES string of the molecule is CC(NC(=O)c1ccccc1)C(=O)Nc1cccc(Nc2ccccc2)c1. The van der Waals surface area contributed by atoms with E-state index in [2.05, 4.69) is 16.0 Å². The van der Waals surface area contributed by atoms with Crippen LogP contribution in [0, 0.1) is 0 Å². The summed E-state index contributed by atoms with van der Waals surface area (Å²) < 4.78 is 0. The summed E-state index contributed by atoms with van der Waals surface area (Å²) in [5.41, 5.74) is 3.00. The van der Waals surface area contributed by atoms with Crippen LogP contribution in [0.25, 0.3) is 0 Å². The molecule has 27 heavy (non-hydrogen) atoms. The molecule has 0 fully saturated rings. The summed E-state index contributed by atoms with van der Waals surface area (Å²) >= 11 is 0. The minimum absolute atomic E-state index is 0.280. The second-order valence-electron chi connectivity index (χ2n) is 6.12. The van der Waals surface area contributed by atoms with Gasteiger partial charge in [0.05, 0.1) is 0 Å². The van der Waals surface area contributed by atoms with Crippen LogP contribution in [0.1, 0.15) is 17.3 Å². The molecule has 0 aliphatic rings. The van der Waals surface area contributed by atoms with E-state index < -0.39 is 6.04 Å². The number of hydrogen-bond acceptors (Lipinski definition) is 3. The lowest BCUT2D eigenvalue weighted by Crippen LogP contribution is -2.41. The van der Waals surface area contributed by atoms with Crippen LogP contribution < -0.4 is 16.0 Å². The highest BCUT2D eigenvalue weighted by atomic mass is 16.2. The molecular formula is C22H21N3O2. The van der Waals surface area contributed by atoms with Crippen LogP contribution in [0.4, 0.5) is 17.1 Å². The molecule has 136 valence electrons. The maximum absolute atomic E-state index is 12.4. The third-order valence-corrected chi connectivity index (χ3v) is 3.97. The molecule has 0 saturated carbocycles. The lowest BCUT2D eigenvalue weighted by Gasteiger charge is -2.15. The van der Waals surface area contributed by atoms with Crippen molar-refractivity contribution >= 4 is 28.9 Å². The highest BCUT2D eigenvalue weighted by molar-refractivity contribution is 6.01. The molecule has 1 unspecified atom stereocenters. The van der Waals surface area contributed by atoms with E-state index >= 15 is 0 Å². The van der Waals surface area contributed by atoms with Gasteiger partial charge < -0.3 is 16.0 Å². The van der Waals surface area contributed by atoms with Gasteiger partial charge in [0, 0.05) is 22.6 Å². The molecule has 0 aromatic heterocycles. The second-order valence-corrected chi connectivity index (χ2v) is 6.12. The van der Waals surface area contributed by atoms with Gasteiger partial charge in [0.2, 0.25) is 5.91 Å². The Kier molecular flexibility index (Phi) is 5.84. The topological polar surface area (TPSA) is 70.2 Å². The molecule has 0 spiro atoms. The Morgan fingerprint density at radius 2 is 1.33 bits per heavy atom. The summed E-state index contributed by atoms with van der Waals surface area (Å²) in [6.45, 7) is 1.66. The fourth-order valence-corrected chi connectivity index (χ4v) is 2.55. The average Bonchev–Trinajstić information content (AvgIpc) is 2.69. The Morgan fingerprint density at radius 3 is 2.04 bits per heavy atom. The maximum atomic E-state index is 12.4. The summed E-state index contributed by atoms with van der Waals surface area (Å²) in [6, 6.07) is 25.4. The Morgan fingerprint density at radius 1 is 0.741 bits per heavy atom. The van der Waals surface area contributed by atoms with Gasteiger partial charge in [0.1, 0.15) is 6.04 Å². The molecule has 0 radical (unpaired) electrons. The van der Waals surface area contributed by atoms with Crippen molar-refractivity contribution in [2.45, 2.75) is 13.0 Å². The standard InChI is InChI=1S/C22H21N3O2/c1-16(23-22(27)17-9-4-2-5-10-17)21(26)25-20-14-8-13-19(15-20)24-18-11-6-3-7-12-18/h2-16,24H,1H3,(H,23,27)(H,25,26). The van der Waals surface area contributed by atoms with Crippen molar-refractivity contribution in [1.82, 2.24) is 5.32 Å². The largest absolute Gasteiger partial charge is 0.355 e. The van der Waals surface area contributed by atoms with Gasteiger partial charge in [-0.15, -0.1) is 0 Å². The molecule has 5 nitrogen and oxygen atoms in total. The summed E-state index contributed by atoms with van der Waals surface area (Å²) in [4.78, 5) is 24.6. The third-order valence-electron chi connectivity index (χ3n) is 3.97. The van der Waals surface area contributed by atoms with Gasteiger partial charge in [-0.1, -0.05) is 42.5 Å². The summed E-state index contributed by atoms with van der Waals surface area (Å²) in [6.07, 6.45) is 0. The van der Waals surface area contributed by atoms with Crippen LogP contribution in [0.15, 0.2) is 84.9 Å². The number of para-hydroxylation sites is 1. The summed E-state index contributed by atoms with van der Waals surface area (Å²) in [5, 5.41) is 8.81. The van der Waals surface area contributed by atoms with Gasteiger partial charge >= 0.3 is 0 Å². The maximum Gasteiger partial charge on any atom is 0.251 e. The van der Waals surface area contributed by atoms with Gasteiger partial charge in [-0.3, -0.25) is 9.59 Å². The predicted molar refractivity (Wildman–Crippen MR) is 108 cm³/mol. The van der Waals surface area contributed by atoms with Crippen LogP contribution in [0.5, 0.6) is 0 Å². The Hall–Kier alpha value is -3.60. The summed E-state index contributed by atoms with van der Waals surface area (Å²) in [5.74, 6) is -0.561. The number of rotatable bonds is 6. The monoisotopic (exact) mass is 359 g/mol. The van der Waals surface area contributed by atoms with Crippen LogP contribution >= 0.6 is 0 Å². The van der Waals surface area contributed by atoms with E-state index in [0.29, 0.717) is 11.3 Å². The van der Waals surface area contributed by atoms with Gasteiger partial charge in [0.25, 0.3) is 5.91 Å². The quantitative estimate of drug-likeness (QED) is 0.618. The van der Waals surface area contributed by atoms with Crippen LogP contribution in [0.2, 0.25) is 0 Å². The zero-order chi connectivity index (χ0) is 19.1. The van der Waals surface area contributed by atoms with Gasteiger partial charge in [-0.2, -0.15) is 0 Å². The van der Waals surface area contributed by atoms with Crippen molar-refractivity contribution in [3.05, 3.63) is 90.5 Å². The van der Waals surface area contributed by atoms with E-state index in [1.165, 1.54) is 0 Å². The zero-order valence-electron chi connectivity index (χ0n) is 15.0. The first-order valence-corrected chi connectivity index (χ1v) is 8.71. The zero-order valence-corrected chi connectivity index (χ0v) is 15.0. The molecule has 3 aromatic carbocycles. The number of benzene rings is 3. The number of carbonyl (C=O) groups excluding carboxylic acids is 2. The first kappa shape index (κ1) is 18.2. The molecule has 3 rings (SSSR count). The van der Waals surface area contributed by atoms with E-state index in [9.17, 15) is 9.59 Å². The molecule has 5 heteroatoms. The Bertz CT molecular complexity index is 911. The first-order valence-electron chi connectivity index (χ1n) is 8.71. The summed E-state index contributed by atoms with van der Waals surface area (Å²) in [7, 11) is 0. The van der Waals surface area contributed by atoms with Crippen LogP contribution in [0.3, 0.4) is 0 Å².